The second-order valence-electron chi connectivity index (χ2n) is 11.5. The Labute approximate surface area is 473 Å². The van der Waals surface area contributed by atoms with Crippen LogP contribution in [0.4, 0.5) is 28.4 Å². The van der Waals surface area contributed by atoms with Crippen molar-refractivity contribution < 1.29 is 197 Å². The predicted octanol–water partition coefficient (Wildman–Crippen LogP) is -7.90. The molecule has 0 unspecified atom stereocenters. The van der Waals surface area contributed by atoms with E-state index < -0.39 is 92.0 Å². The number of aromatic hydroxyl groups is 2. The number of nitrogens with one attached hydrogen (secondary N) is 2. The van der Waals surface area contributed by atoms with Crippen LogP contribution in [0.15, 0.2) is 102 Å². The van der Waals surface area contributed by atoms with E-state index >= 15 is 0 Å². The van der Waals surface area contributed by atoms with Crippen molar-refractivity contribution in [1.82, 2.24) is 0 Å². The summed E-state index contributed by atoms with van der Waals surface area (Å²) in [6.07, 6.45) is 0. The van der Waals surface area contributed by atoms with Crippen molar-refractivity contribution >= 4 is 106 Å². The number of nitrogens with zero attached hydrogens (tertiary/aromatic N) is 6. The molecule has 0 aliphatic rings. The van der Waals surface area contributed by atoms with Crippen LogP contribution in [0.3, 0.4) is 0 Å². The molecule has 4 aromatic rings. The predicted molar refractivity (Wildman–Crippen MR) is 210 cm³/mol. The number of phenolic OH excluding ortho intramolecular Hbond substituents is 2. The summed E-state index contributed by atoms with van der Waals surface area (Å²) in [6.45, 7) is 2.18. The molecule has 0 atom stereocenters. The molecule has 4 aromatic carbocycles. The van der Waals surface area contributed by atoms with Gasteiger partial charge in [-0.15, -0.1) is 27.5 Å². The topological polar surface area (TPSA) is 405 Å². The molecular formula is C32H26Cl2CuN8Na3O17S4. The number of carbonyl (C=O) groups is 3. The second kappa shape index (κ2) is 31.0. The van der Waals surface area contributed by atoms with Gasteiger partial charge in [-0.05, 0) is 54.6 Å². The third-order valence-corrected chi connectivity index (χ3v) is 11.5. The van der Waals surface area contributed by atoms with Crippen molar-refractivity contribution in [3.05, 3.63) is 88.3 Å². The summed E-state index contributed by atoms with van der Waals surface area (Å²) in [5.74, 6) is -5.10. The molecule has 67 heavy (non-hydrogen) atoms. The Kier molecular flexibility index (Phi) is 31.8. The number of carbonyl (C=O) groups excluding carboxylic acids is 2. The zero-order valence-corrected chi connectivity index (χ0v) is 46.4. The Morgan fingerprint density at radius 2 is 1.36 bits per heavy atom. The standard InChI is InChI=1S/C24H22ClN5O12S3.C8H7N3O5S.ClH.Cu.3Na/c1-13(31)26-20-11-17(45(38,39)40)12-21(22(20)32)28-30-23(14-2-5-16(6-3-14)44(36,37)9-8-25)29-27-19-10-15(43-42-41-35)4-7-18(19)24(33)34;1-4(12)10-6-2-5(17(14,15)16)3-7(11-9)8(6)13;;;;;/h2-7,10-12H,8-9H2,1H3,(H6,26,27,28,29,30,31,32,33,34,35,38,39,40);2-3,9H,1H3,(H,14,15,16);1H;;;;/q;;;4*+1/p-4. The molecule has 5 N–H and O–H groups in total. The van der Waals surface area contributed by atoms with Crippen molar-refractivity contribution in [1.29, 1.82) is 5.39 Å². The molecule has 2 amide bonds. The largest absolute Gasteiger partial charge is 1.00 e. The van der Waals surface area contributed by atoms with Crippen LogP contribution in [0.1, 0.15) is 29.8 Å². The number of anilines is 2. The fourth-order valence-electron chi connectivity index (χ4n) is 4.45. The maximum Gasteiger partial charge on any atom is 1.00 e. The number of benzene rings is 4. The number of diazo groups is 1. The van der Waals surface area contributed by atoms with E-state index in [-0.39, 0.29) is 162 Å². The molecule has 35 heteroatoms. The van der Waals surface area contributed by atoms with Gasteiger partial charge >= 0.3 is 117 Å². The molecular weight excluding hydrogens is 1100 g/mol. The van der Waals surface area contributed by atoms with E-state index in [4.69, 9.17) is 17.0 Å². The van der Waals surface area contributed by atoms with Gasteiger partial charge in [-0.3, -0.25) is 14.6 Å². The first-order valence-electron chi connectivity index (χ1n) is 16.1. The zero-order valence-electron chi connectivity index (χ0n) is 34.7. The number of sulfone groups is 1. The minimum atomic E-state index is -5.11. The van der Waals surface area contributed by atoms with Crippen LogP contribution < -0.4 is 117 Å². The first-order valence-corrected chi connectivity index (χ1v) is 21.8. The number of hydrogen-bond donors (Lipinski definition) is 5. The quantitative estimate of drug-likeness (QED) is 0.00631. The van der Waals surface area contributed by atoms with Crippen molar-refractivity contribution in [2.24, 2.45) is 15.3 Å². The van der Waals surface area contributed by atoms with Gasteiger partial charge in [0.25, 0.3) is 0 Å². The van der Waals surface area contributed by atoms with E-state index in [1.165, 1.54) is 36.4 Å². The van der Waals surface area contributed by atoms with Gasteiger partial charge in [-0.2, -0.15) is 4.33 Å². The molecule has 0 radical (unpaired) electrons. The van der Waals surface area contributed by atoms with E-state index in [0.29, 0.717) is 30.2 Å². The second-order valence-corrected chi connectivity index (χ2v) is 17.5. The smallest absolute Gasteiger partial charge is 1.00 e. The van der Waals surface area contributed by atoms with Crippen LogP contribution in [0.5, 0.6) is 11.5 Å². The molecule has 0 saturated heterocycles. The van der Waals surface area contributed by atoms with E-state index in [0.717, 1.165) is 26.0 Å². The normalized spacial score (nSPS) is 11.0. The number of azo groups is 1. The maximum atomic E-state index is 12.4. The number of halogens is 2. The summed E-state index contributed by atoms with van der Waals surface area (Å²) in [5.41, 5.74) is 1.36. The van der Waals surface area contributed by atoms with Crippen LogP contribution in [-0.4, -0.2) is 84.9 Å². The van der Waals surface area contributed by atoms with E-state index in [9.17, 15) is 69.3 Å². The third kappa shape index (κ3) is 21.2. The monoisotopic (exact) mass is 1120 g/mol. The first-order chi connectivity index (χ1) is 28.9. The molecule has 0 saturated carbocycles. The molecule has 4 rings (SSSR count). The summed E-state index contributed by atoms with van der Waals surface area (Å²) < 4.78 is 96.4. The maximum absolute atomic E-state index is 12.4. The van der Waals surface area contributed by atoms with Gasteiger partial charge in [0.1, 0.15) is 25.9 Å². The van der Waals surface area contributed by atoms with E-state index in [1.54, 1.807) is 0 Å². The minimum Gasteiger partial charge on any atom is -1.00 e. The molecule has 0 aliphatic heterocycles. The number of rotatable bonds is 15. The number of carboxylic acids is 1. The van der Waals surface area contributed by atoms with Gasteiger partial charge in [0.15, 0.2) is 26.4 Å². The number of alkyl halides is 1. The fourth-order valence-corrected chi connectivity index (χ4v) is 7.47. The zero-order chi connectivity index (χ0) is 46.6. The Hall–Kier alpha value is -2.52. The number of hydrogen-bond acceptors (Lipinski definition) is 20. The van der Waals surface area contributed by atoms with Gasteiger partial charge in [-0.1, -0.05) is 6.07 Å². The van der Waals surface area contributed by atoms with Gasteiger partial charge < -0.3 is 63.3 Å². The van der Waals surface area contributed by atoms with Crippen LogP contribution >= 0.6 is 23.6 Å². The Morgan fingerprint density at radius 1 is 0.836 bits per heavy atom. The number of amidine groups is 1. The summed E-state index contributed by atoms with van der Waals surface area (Å²) in [5, 5.41) is 67.4. The number of phenols is 2. The van der Waals surface area contributed by atoms with E-state index in [2.05, 4.69) is 45.7 Å². The molecule has 0 aliphatic carbocycles. The third-order valence-electron chi connectivity index (χ3n) is 7.11. The average Bonchev–Trinajstić information content (AvgIpc) is 3.18. The van der Waals surface area contributed by atoms with Gasteiger partial charge in [0.2, 0.25) is 23.0 Å². The summed E-state index contributed by atoms with van der Waals surface area (Å²) in [7, 11) is -13.6. The van der Waals surface area contributed by atoms with Crippen LogP contribution in [0, 0.1) is 5.39 Å². The molecule has 0 fully saturated rings. The minimum absolute atomic E-state index is 0. The number of carboxylic acid groups (broad SMARTS) is 1. The van der Waals surface area contributed by atoms with Gasteiger partial charge in [-0.25, -0.2) is 30.0 Å². The van der Waals surface area contributed by atoms with E-state index in [1.807, 2.05) is 0 Å². The first kappa shape index (κ1) is 68.7. The van der Waals surface area contributed by atoms with Gasteiger partial charge in [0, 0.05) is 35.7 Å². The molecule has 0 bridgehead atoms. The van der Waals surface area contributed by atoms with Gasteiger partial charge in [0.05, 0.1) is 49.9 Å². The van der Waals surface area contributed by atoms with Crippen molar-refractivity contribution in [2.45, 2.75) is 33.4 Å². The van der Waals surface area contributed by atoms with Crippen molar-refractivity contribution in [3.63, 3.8) is 0 Å². The number of aromatic carboxylic acids is 1. The van der Waals surface area contributed by atoms with Crippen molar-refractivity contribution in [2.75, 3.05) is 22.3 Å². The molecule has 25 nitrogen and oxygen atoms in total. The Bertz CT molecular complexity index is 2850. The van der Waals surface area contributed by atoms with Crippen molar-refractivity contribution in [3.8, 4) is 11.5 Å². The summed E-state index contributed by atoms with van der Waals surface area (Å²) in [6, 6.07) is 11.3. The van der Waals surface area contributed by atoms with Crippen LogP contribution in [-0.2, 0) is 66.1 Å². The fraction of sp³-hybridized carbons (Fsp3) is 0.125. The molecule has 0 heterocycles. The molecule has 0 aromatic heterocycles. The van der Waals surface area contributed by atoms with Crippen LogP contribution in [0.2, 0.25) is 0 Å². The SMILES string of the molecule is CC(=O)Nc1cc(S(=O)(=O)[O-])cc(N=NC(=N[N-]c2cc(SOO[O-])ccc2C(=O)O)c2ccc(S(=O)(=O)CCCl)cc2)c1O.CC(=O)Nc1cc(S(=O)(=O)[O-])cc([N+]#N)c1O.[Cl-].[Cu+].[Na+].[Na+].[Na+]. The van der Waals surface area contributed by atoms with Crippen LogP contribution in [0.25, 0.3) is 10.4 Å². The number of amides is 2. The summed E-state index contributed by atoms with van der Waals surface area (Å²) >= 11 is 6.00. The molecule has 0 spiro atoms. The molecule has 348 valence electrons. The Morgan fingerprint density at radius 3 is 1.82 bits per heavy atom. The Balaban J connectivity index is -0.00000158. The summed E-state index contributed by atoms with van der Waals surface area (Å²) in [4.78, 5) is 35.2. The average molecular weight is 1130 g/mol.